The Morgan fingerprint density at radius 3 is 1.69 bits per heavy atom. The first-order chi connectivity index (χ1) is 44.4. The summed E-state index contributed by atoms with van der Waals surface area (Å²) in [5.74, 6) is 0. The molecule has 13 aromatic rings. The average Bonchev–Trinajstić information content (AvgIpc) is 1.52. The summed E-state index contributed by atoms with van der Waals surface area (Å²) < 4.78 is 13.9. The molecule has 2 aromatic heterocycles. The Hall–Kier alpha value is -9.72. The molecule has 6 nitrogen and oxygen atoms in total. The lowest BCUT2D eigenvalue weighted by Gasteiger charge is -2.51. The predicted molar refractivity (Wildman–Crippen MR) is 381 cm³/mol. The quantitative estimate of drug-likeness (QED) is 0.155. The van der Waals surface area contributed by atoms with Gasteiger partial charge < -0.3 is 28.4 Å². The van der Waals surface area contributed by atoms with E-state index >= 15 is 0 Å². The molecule has 0 amide bonds. The van der Waals surface area contributed by atoms with Gasteiger partial charge in [0.2, 0.25) is 0 Å². The standard InChI is InChI=1S/C84H71BN4O2/c1-52-44-53(2)78-72(45-52)89(84(6)43-20-18-41-82(78,84)4)60-50-73-79-74(51-60)87(70-29-21-28-63-61-26-13-16-31-76(61)91-80(63)70)71-49-59(88-68-37-32-56(54-22-9-7-10-23-54)46-65(68)81(3)40-17-19-42-83(81,88)5)34-36-66(71)85(79)67-47-57(55-24-11-8-12-25-55)33-38-69(67)86(73)58-35-39-77-64(48-58)62-27-14-15-30-75(62)90-77/h7-16,21-39,44-51H,17-20,40-43H2,1-6H3. The average molecular weight is 1180 g/mol. The third kappa shape index (κ3) is 7.15. The SMILES string of the molecule is Cc1cc(C)c2c(c1)N(c1cc3c4c(c1)N(c1cccc5c1oc1ccccc15)c1cc(N5c6ccc(-c7ccccc7)cc6C6(C)CCCCC56C)ccc1B4c1cc(-c4ccccc4)ccc1N3c1ccc3oc4ccccc4c3c1)C1(C)CCCCC21C. The maximum Gasteiger partial charge on any atom is 0.252 e. The smallest absolute Gasteiger partial charge is 0.252 e. The third-order valence-electron chi connectivity index (χ3n) is 23.6. The molecule has 0 radical (unpaired) electrons. The van der Waals surface area contributed by atoms with Crippen molar-refractivity contribution in [3.8, 4) is 22.3 Å². The highest BCUT2D eigenvalue weighted by Gasteiger charge is 2.60. The summed E-state index contributed by atoms with van der Waals surface area (Å²) in [6.45, 7) is 14.8. The van der Waals surface area contributed by atoms with E-state index in [0.717, 1.165) is 86.6 Å². The normalized spacial score (nSPS) is 21.9. The van der Waals surface area contributed by atoms with Crippen LogP contribution in [0.2, 0.25) is 0 Å². The van der Waals surface area contributed by atoms with Crippen molar-refractivity contribution in [3.63, 3.8) is 0 Å². The molecule has 6 aliphatic rings. The van der Waals surface area contributed by atoms with Gasteiger partial charge in [-0.05, 0) is 199 Å². The van der Waals surface area contributed by atoms with Crippen LogP contribution in [0.4, 0.5) is 56.9 Å². The predicted octanol–water partition coefficient (Wildman–Crippen LogP) is 21.0. The van der Waals surface area contributed by atoms with Gasteiger partial charge in [0, 0.05) is 83.6 Å². The molecular formula is C84H71BN4O2. The van der Waals surface area contributed by atoms with Crippen LogP contribution in [-0.2, 0) is 10.8 Å². The van der Waals surface area contributed by atoms with Gasteiger partial charge in [-0.1, -0.05) is 179 Å². The van der Waals surface area contributed by atoms with E-state index in [0.29, 0.717) is 0 Å². The van der Waals surface area contributed by atoms with E-state index in [9.17, 15) is 0 Å². The molecule has 0 N–H and O–H groups in total. The minimum Gasteiger partial charge on any atom is -0.456 e. The Labute approximate surface area is 533 Å². The molecule has 2 aliphatic carbocycles. The first kappa shape index (κ1) is 53.2. The van der Waals surface area contributed by atoms with Crippen LogP contribution in [0.1, 0.15) is 101 Å². The molecule has 4 aliphatic heterocycles. The van der Waals surface area contributed by atoms with E-state index in [2.05, 4.69) is 286 Å². The maximum absolute atomic E-state index is 7.29. The molecule has 0 saturated heterocycles. The van der Waals surface area contributed by atoms with E-state index in [1.165, 1.54) is 126 Å². The highest BCUT2D eigenvalue weighted by Crippen LogP contribution is 2.65. The number of nitrogens with zero attached hydrogens (tertiary/aromatic N) is 4. The zero-order valence-electron chi connectivity index (χ0n) is 52.7. The van der Waals surface area contributed by atoms with Crippen molar-refractivity contribution < 1.29 is 8.83 Å². The minimum absolute atomic E-state index is 0.0831. The van der Waals surface area contributed by atoms with Crippen LogP contribution < -0.4 is 36.0 Å². The van der Waals surface area contributed by atoms with Crippen molar-refractivity contribution in [1.82, 2.24) is 0 Å². The van der Waals surface area contributed by atoms with Crippen molar-refractivity contribution in [1.29, 1.82) is 0 Å². The molecule has 6 heterocycles. The van der Waals surface area contributed by atoms with Crippen molar-refractivity contribution >= 4 is 124 Å². The Morgan fingerprint density at radius 1 is 0.363 bits per heavy atom. The lowest BCUT2D eigenvalue weighted by molar-refractivity contribution is 0.194. The summed E-state index contributed by atoms with van der Waals surface area (Å²) in [5.41, 5.74) is 29.2. The fourth-order valence-corrected chi connectivity index (χ4v) is 19.1. The fraction of sp³-hybridized carbons (Fsp3) is 0.214. The first-order valence-corrected chi connectivity index (χ1v) is 33.3. The summed E-state index contributed by atoms with van der Waals surface area (Å²) in [4.78, 5) is 10.9. The van der Waals surface area contributed by atoms with Gasteiger partial charge in [-0.15, -0.1) is 0 Å². The van der Waals surface area contributed by atoms with Crippen LogP contribution in [0.5, 0.6) is 0 Å². The van der Waals surface area contributed by atoms with Crippen LogP contribution in [0.25, 0.3) is 66.1 Å². The second-order valence-corrected chi connectivity index (χ2v) is 28.3. The van der Waals surface area contributed by atoms with Crippen LogP contribution in [0.3, 0.4) is 0 Å². The van der Waals surface area contributed by atoms with E-state index in [4.69, 9.17) is 8.83 Å². The molecule has 19 rings (SSSR count). The van der Waals surface area contributed by atoms with Crippen LogP contribution in [0, 0.1) is 13.8 Å². The number of anilines is 10. The Morgan fingerprint density at radius 2 is 0.945 bits per heavy atom. The number of rotatable bonds is 6. The second-order valence-electron chi connectivity index (χ2n) is 28.3. The molecule has 91 heavy (non-hydrogen) atoms. The zero-order valence-corrected chi connectivity index (χ0v) is 52.7. The van der Waals surface area contributed by atoms with Crippen molar-refractivity contribution in [2.75, 3.05) is 19.6 Å². The molecule has 11 aromatic carbocycles. The number of hydrogen-bond donors (Lipinski definition) is 0. The summed E-state index contributed by atoms with van der Waals surface area (Å²) in [5, 5.41) is 4.44. The highest BCUT2D eigenvalue weighted by atomic mass is 16.3. The molecule has 4 atom stereocenters. The first-order valence-electron chi connectivity index (χ1n) is 33.3. The fourth-order valence-electron chi connectivity index (χ4n) is 19.1. The van der Waals surface area contributed by atoms with Crippen LogP contribution >= 0.6 is 0 Å². The van der Waals surface area contributed by atoms with Gasteiger partial charge in [-0.3, -0.25) is 0 Å². The van der Waals surface area contributed by atoms with Crippen molar-refractivity contribution in [2.24, 2.45) is 0 Å². The molecular weight excluding hydrogens is 1110 g/mol. The number of aryl methyl sites for hydroxylation is 2. The van der Waals surface area contributed by atoms with Gasteiger partial charge in [0.1, 0.15) is 16.7 Å². The van der Waals surface area contributed by atoms with Crippen molar-refractivity contribution in [2.45, 2.75) is 115 Å². The summed E-state index contributed by atoms with van der Waals surface area (Å²) in [7, 11) is 0. The molecule has 0 spiro atoms. The minimum atomic E-state index is -0.224. The van der Waals surface area contributed by atoms with E-state index in [1.54, 1.807) is 0 Å². The largest absolute Gasteiger partial charge is 0.456 e. The van der Waals surface area contributed by atoms with Crippen LogP contribution in [0.15, 0.2) is 233 Å². The molecule has 0 bridgehead atoms. The Kier molecular flexibility index (Phi) is 11.1. The third-order valence-corrected chi connectivity index (χ3v) is 23.6. The van der Waals surface area contributed by atoms with E-state index < -0.39 is 0 Å². The zero-order chi connectivity index (χ0) is 60.9. The lowest BCUT2D eigenvalue weighted by Crippen LogP contribution is -2.61. The van der Waals surface area contributed by atoms with E-state index in [-0.39, 0.29) is 28.6 Å². The topological polar surface area (TPSA) is 39.2 Å². The monoisotopic (exact) mass is 1180 g/mol. The number of para-hydroxylation sites is 3. The van der Waals surface area contributed by atoms with Gasteiger partial charge in [-0.2, -0.15) is 0 Å². The summed E-state index contributed by atoms with van der Waals surface area (Å²) in [6, 6.07) is 85.2. The number of fused-ring (bicyclic) bond motifs is 16. The molecule has 4 unspecified atom stereocenters. The van der Waals surface area contributed by atoms with Gasteiger partial charge >= 0.3 is 0 Å². The number of hydrogen-bond acceptors (Lipinski definition) is 6. The highest BCUT2D eigenvalue weighted by molar-refractivity contribution is 7.00. The summed E-state index contributed by atoms with van der Waals surface area (Å²) in [6.07, 6.45) is 9.24. The number of furan rings is 2. The van der Waals surface area contributed by atoms with E-state index in [1.807, 2.05) is 0 Å². The molecule has 442 valence electrons. The number of benzene rings is 11. The molecule has 2 saturated carbocycles. The molecule has 7 heteroatoms. The van der Waals surface area contributed by atoms with Gasteiger partial charge in [0.05, 0.1) is 16.8 Å². The molecule has 2 fully saturated rings. The maximum atomic E-state index is 7.29. The van der Waals surface area contributed by atoms with Gasteiger partial charge in [0.15, 0.2) is 5.58 Å². The second kappa shape index (κ2) is 18.9. The lowest BCUT2D eigenvalue weighted by atomic mass is 9.33. The van der Waals surface area contributed by atoms with Crippen LogP contribution in [-0.4, -0.2) is 17.8 Å². The summed E-state index contributed by atoms with van der Waals surface area (Å²) >= 11 is 0. The van der Waals surface area contributed by atoms with Crippen molar-refractivity contribution in [3.05, 3.63) is 247 Å². The van der Waals surface area contributed by atoms with Gasteiger partial charge in [0.25, 0.3) is 6.71 Å². The van der Waals surface area contributed by atoms with Gasteiger partial charge in [-0.25, -0.2) is 0 Å². The Balaban J connectivity index is 0.937. The Bertz CT molecular complexity index is 5240.